The molecular weight excluding hydrogens is 322 g/mol. The number of tetrazole rings is 1. The molecule has 7 heteroatoms. The van der Waals surface area contributed by atoms with Crippen LogP contribution in [0, 0.1) is 0 Å². The lowest BCUT2D eigenvalue weighted by molar-refractivity contribution is 0.155. The minimum absolute atomic E-state index is 0.193. The maximum absolute atomic E-state index is 10.3. The Labute approximate surface area is 145 Å². The first-order valence-corrected chi connectivity index (χ1v) is 8.82. The molecule has 0 amide bonds. The molecule has 1 aromatic carbocycles. The fraction of sp³-hybridized carbons (Fsp3) is 0.353. The lowest BCUT2D eigenvalue weighted by Crippen LogP contribution is -2.30. The van der Waals surface area contributed by atoms with Crippen LogP contribution in [0.2, 0.25) is 0 Å². The third-order valence-electron chi connectivity index (χ3n) is 3.99. The third kappa shape index (κ3) is 4.05. The molecule has 0 saturated heterocycles. The van der Waals surface area contributed by atoms with Crippen molar-refractivity contribution < 1.29 is 5.11 Å². The van der Waals surface area contributed by atoms with Gasteiger partial charge in [0.2, 0.25) is 0 Å². The van der Waals surface area contributed by atoms with Crippen molar-refractivity contribution in [3.63, 3.8) is 0 Å². The summed E-state index contributed by atoms with van der Waals surface area (Å²) in [6.45, 7) is 4.23. The van der Waals surface area contributed by atoms with Crippen molar-refractivity contribution in [2.75, 3.05) is 0 Å². The Balaban J connectivity index is 1.57. The number of rotatable bonds is 7. The van der Waals surface area contributed by atoms with E-state index < -0.39 is 6.10 Å². The Morgan fingerprint density at radius 2 is 2.00 bits per heavy atom. The summed E-state index contributed by atoms with van der Waals surface area (Å²) in [6, 6.07) is 12.5. The molecule has 0 bridgehead atoms. The van der Waals surface area contributed by atoms with E-state index in [1.165, 1.54) is 5.56 Å². The quantitative estimate of drug-likeness (QED) is 0.690. The molecular formula is C17H21N5OS. The van der Waals surface area contributed by atoms with Crippen molar-refractivity contribution in [1.29, 1.82) is 0 Å². The summed E-state index contributed by atoms with van der Waals surface area (Å²) >= 11 is 1.59. The minimum atomic E-state index is -0.415. The summed E-state index contributed by atoms with van der Waals surface area (Å²) in [6.07, 6.45) is 1.85. The second-order valence-corrected chi connectivity index (χ2v) is 6.88. The highest BCUT2D eigenvalue weighted by atomic mass is 32.1. The normalized spacial score (nSPS) is 15.1. The fourth-order valence-electron chi connectivity index (χ4n) is 2.72. The molecule has 0 aliphatic heterocycles. The number of aliphatic hydroxyl groups excluding tert-OH is 1. The molecule has 0 fully saturated rings. The molecule has 0 radical (unpaired) electrons. The van der Waals surface area contributed by atoms with Crippen LogP contribution < -0.4 is 5.32 Å². The molecule has 0 aliphatic rings. The molecule has 126 valence electrons. The lowest BCUT2D eigenvalue weighted by atomic mass is 10.0. The first-order chi connectivity index (χ1) is 11.6. The number of nitrogens with one attached hydrogen (secondary N) is 1. The van der Waals surface area contributed by atoms with Crippen molar-refractivity contribution in [2.45, 2.75) is 38.5 Å². The van der Waals surface area contributed by atoms with Crippen LogP contribution in [-0.2, 0) is 0 Å². The van der Waals surface area contributed by atoms with Gasteiger partial charge in [-0.15, -0.1) is 16.4 Å². The van der Waals surface area contributed by atoms with Gasteiger partial charge < -0.3 is 10.4 Å². The highest BCUT2D eigenvalue weighted by molar-refractivity contribution is 7.10. The van der Waals surface area contributed by atoms with E-state index in [9.17, 15) is 5.11 Å². The molecule has 2 heterocycles. The maximum atomic E-state index is 10.3. The Bertz CT molecular complexity index is 727. The predicted octanol–water partition coefficient (Wildman–Crippen LogP) is 2.89. The van der Waals surface area contributed by atoms with Gasteiger partial charge in [0, 0.05) is 17.0 Å². The average molecular weight is 343 g/mol. The van der Waals surface area contributed by atoms with E-state index in [-0.39, 0.29) is 12.1 Å². The Morgan fingerprint density at radius 3 is 2.62 bits per heavy atom. The predicted molar refractivity (Wildman–Crippen MR) is 94.1 cm³/mol. The molecule has 2 aromatic heterocycles. The van der Waals surface area contributed by atoms with E-state index in [2.05, 4.69) is 46.8 Å². The standard InChI is InChI=1S/C17H21N5OS/c1-12(10-16(23)17-4-3-9-24-17)19-13(2)14-5-7-15(8-6-14)22-11-18-20-21-22/h3-9,11-13,16,19,23H,10H2,1-2H3. The number of nitrogens with zero attached hydrogens (tertiary/aromatic N) is 4. The van der Waals surface area contributed by atoms with Crippen molar-refractivity contribution in [1.82, 2.24) is 25.5 Å². The summed E-state index contributed by atoms with van der Waals surface area (Å²) < 4.78 is 1.63. The highest BCUT2D eigenvalue weighted by Gasteiger charge is 2.15. The van der Waals surface area contributed by atoms with Gasteiger partial charge in [0.25, 0.3) is 0 Å². The monoisotopic (exact) mass is 343 g/mol. The van der Waals surface area contributed by atoms with Gasteiger partial charge in [-0.05, 0) is 59.8 Å². The van der Waals surface area contributed by atoms with Gasteiger partial charge in [-0.3, -0.25) is 0 Å². The van der Waals surface area contributed by atoms with Gasteiger partial charge in [0.05, 0.1) is 11.8 Å². The summed E-state index contributed by atoms with van der Waals surface area (Å²) in [5.41, 5.74) is 2.11. The van der Waals surface area contributed by atoms with Crippen LogP contribution in [0.4, 0.5) is 0 Å². The number of aliphatic hydroxyl groups is 1. The number of thiophene rings is 1. The fourth-order valence-corrected chi connectivity index (χ4v) is 3.44. The summed E-state index contributed by atoms with van der Waals surface area (Å²) in [5, 5.41) is 26.9. The van der Waals surface area contributed by atoms with E-state index in [0.717, 1.165) is 10.6 Å². The summed E-state index contributed by atoms with van der Waals surface area (Å²) in [4.78, 5) is 1.02. The lowest BCUT2D eigenvalue weighted by Gasteiger charge is -2.22. The van der Waals surface area contributed by atoms with Gasteiger partial charge in [0.1, 0.15) is 6.33 Å². The Morgan fingerprint density at radius 1 is 1.21 bits per heavy atom. The zero-order chi connectivity index (χ0) is 16.9. The molecule has 3 aromatic rings. The molecule has 0 spiro atoms. The van der Waals surface area contributed by atoms with Crippen molar-refractivity contribution in [3.8, 4) is 5.69 Å². The number of hydrogen-bond donors (Lipinski definition) is 2. The Hall–Kier alpha value is -2.09. The summed E-state index contributed by atoms with van der Waals surface area (Å²) in [7, 11) is 0. The van der Waals surface area contributed by atoms with Crippen molar-refractivity contribution >= 4 is 11.3 Å². The molecule has 24 heavy (non-hydrogen) atoms. The van der Waals surface area contributed by atoms with Crippen LogP contribution in [0.1, 0.15) is 42.9 Å². The number of hydrogen-bond acceptors (Lipinski definition) is 6. The third-order valence-corrected chi connectivity index (χ3v) is 4.96. The van der Waals surface area contributed by atoms with E-state index in [0.29, 0.717) is 6.42 Å². The largest absolute Gasteiger partial charge is 0.388 e. The highest BCUT2D eigenvalue weighted by Crippen LogP contribution is 2.24. The molecule has 3 atom stereocenters. The van der Waals surface area contributed by atoms with E-state index >= 15 is 0 Å². The maximum Gasteiger partial charge on any atom is 0.143 e. The van der Waals surface area contributed by atoms with Crippen molar-refractivity contribution in [3.05, 3.63) is 58.5 Å². The van der Waals surface area contributed by atoms with Gasteiger partial charge in [0.15, 0.2) is 0 Å². The SMILES string of the molecule is CC(CC(O)c1cccs1)NC(C)c1ccc(-n2cnnn2)cc1. The molecule has 3 rings (SSSR count). The average Bonchev–Trinajstić information content (AvgIpc) is 3.28. The minimum Gasteiger partial charge on any atom is -0.388 e. The van der Waals surface area contributed by atoms with E-state index in [4.69, 9.17) is 0 Å². The summed E-state index contributed by atoms with van der Waals surface area (Å²) in [5.74, 6) is 0. The first kappa shape index (κ1) is 16.8. The van der Waals surface area contributed by atoms with Crippen LogP contribution >= 0.6 is 11.3 Å². The second-order valence-electron chi connectivity index (χ2n) is 5.90. The first-order valence-electron chi connectivity index (χ1n) is 7.94. The van der Waals surface area contributed by atoms with Gasteiger partial charge in [-0.25, -0.2) is 4.68 Å². The molecule has 6 nitrogen and oxygen atoms in total. The number of benzene rings is 1. The van der Waals surface area contributed by atoms with E-state index in [1.54, 1.807) is 22.3 Å². The topological polar surface area (TPSA) is 75.9 Å². The van der Waals surface area contributed by atoms with Crippen LogP contribution in [0.15, 0.2) is 48.1 Å². The molecule has 0 saturated carbocycles. The van der Waals surface area contributed by atoms with Crippen LogP contribution in [0.5, 0.6) is 0 Å². The molecule has 2 N–H and O–H groups in total. The zero-order valence-corrected chi connectivity index (χ0v) is 14.5. The van der Waals surface area contributed by atoms with Crippen LogP contribution in [0.3, 0.4) is 0 Å². The van der Waals surface area contributed by atoms with Gasteiger partial charge >= 0.3 is 0 Å². The molecule has 3 unspecified atom stereocenters. The number of aromatic nitrogens is 4. The molecule has 0 aliphatic carbocycles. The van der Waals surface area contributed by atoms with Crippen LogP contribution in [0.25, 0.3) is 5.69 Å². The van der Waals surface area contributed by atoms with Gasteiger partial charge in [-0.2, -0.15) is 0 Å². The van der Waals surface area contributed by atoms with Gasteiger partial charge in [-0.1, -0.05) is 18.2 Å². The van der Waals surface area contributed by atoms with Crippen molar-refractivity contribution in [2.24, 2.45) is 0 Å². The Kier molecular flexibility index (Phi) is 5.34. The zero-order valence-electron chi connectivity index (χ0n) is 13.7. The smallest absolute Gasteiger partial charge is 0.143 e. The van der Waals surface area contributed by atoms with Crippen LogP contribution in [-0.4, -0.2) is 31.4 Å². The second kappa shape index (κ2) is 7.65. The van der Waals surface area contributed by atoms with E-state index in [1.807, 2.05) is 29.6 Å².